The lowest BCUT2D eigenvalue weighted by molar-refractivity contribution is 0.407. The summed E-state index contributed by atoms with van der Waals surface area (Å²) in [5, 5.41) is 0. The van der Waals surface area contributed by atoms with E-state index in [0.717, 1.165) is 12.1 Å². The molecule has 0 atom stereocenters. The molecule has 0 radical (unpaired) electrons. The molecule has 0 aliphatic heterocycles. The Morgan fingerprint density at radius 2 is 1.94 bits per heavy atom. The van der Waals surface area contributed by atoms with Gasteiger partial charge in [-0.3, -0.25) is 0 Å². The number of halogens is 2. The second kappa shape index (κ2) is 5.04. The van der Waals surface area contributed by atoms with E-state index in [-0.39, 0.29) is 14.8 Å². The van der Waals surface area contributed by atoms with E-state index in [0.29, 0.717) is 6.54 Å². The molecule has 17 heavy (non-hydrogen) atoms. The predicted octanol–water partition coefficient (Wildman–Crippen LogP) is 2.91. The highest BCUT2D eigenvalue weighted by atomic mass is 79.9. The van der Waals surface area contributed by atoms with Gasteiger partial charge in [0.15, 0.2) is 0 Å². The van der Waals surface area contributed by atoms with Crippen LogP contribution in [0.3, 0.4) is 0 Å². The minimum atomic E-state index is -3.60. The lowest BCUT2D eigenvalue weighted by Crippen LogP contribution is -2.32. The van der Waals surface area contributed by atoms with Crippen LogP contribution < -0.4 is 4.72 Å². The smallest absolute Gasteiger partial charge is 0.211 e. The number of hydrogen-bond donors (Lipinski definition) is 1. The van der Waals surface area contributed by atoms with Crippen LogP contribution in [0, 0.1) is 11.2 Å². The maximum atomic E-state index is 12.9. The van der Waals surface area contributed by atoms with Gasteiger partial charge in [-0.1, -0.05) is 20.8 Å². The van der Waals surface area contributed by atoms with Crippen LogP contribution in [-0.2, 0) is 10.0 Å². The summed E-state index contributed by atoms with van der Waals surface area (Å²) in [6.45, 7) is 6.10. The fraction of sp³-hybridized carbons (Fsp3) is 0.455. The summed E-state index contributed by atoms with van der Waals surface area (Å²) < 4.78 is 39.5. The van der Waals surface area contributed by atoms with Gasteiger partial charge in [0.05, 0.1) is 4.90 Å². The van der Waals surface area contributed by atoms with Gasteiger partial charge < -0.3 is 0 Å². The zero-order valence-electron chi connectivity index (χ0n) is 9.92. The Hall–Kier alpha value is -0.460. The van der Waals surface area contributed by atoms with Gasteiger partial charge in [0.25, 0.3) is 0 Å². The number of sulfonamides is 1. The lowest BCUT2D eigenvalue weighted by atomic mass is 9.98. The first-order valence-corrected chi connectivity index (χ1v) is 7.34. The normalized spacial score (nSPS) is 12.8. The van der Waals surface area contributed by atoms with Crippen molar-refractivity contribution >= 4 is 26.0 Å². The molecule has 6 heteroatoms. The van der Waals surface area contributed by atoms with Crippen LogP contribution in [0.25, 0.3) is 0 Å². The summed E-state index contributed by atoms with van der Waals surface area (Å²) in [6, 6.07) is 3.49. The quantitative estimate of drug-likeness (QED) is 0.929. The summed E-state index contributed by atoms with van der Waals surface area (Å²) in [5.74, 6) is -0.480. The van der Waals surface area contributed by atoms with Gasteiger partial charge in [-0.2, -0.15) is 0 Å². The van der Waals surface area contributed by atoms with E-state index in [1.165, 1.54) is 6.07 Å². The van der Waals surface area contributed by atoms with E-state index in [4.69, 9.17) is 0 Å². The molecule has 96 valence electrons. The molecule has 0 spiro atoms. The summed E-state index contributed by atoms with van der Waals surface area (Å²) in [7, 11) is -3.60. The van der Waals surface area contributed by atoms with Crippen molar-refractivity contribution in [3.63, 3.8) is 0 Å². The fourth-order valence-corrected chi connectivity index (χ4v) is 3.41. The van der Waals surface area contributed by atoms with Crippen LogP contribution in [0.15, 0.2) is 27.6 Å². The monoisotopic (exact) mass is 323 g/mol. The zero-order valence-corrected chi connectivity index (χ0v) is 12.3. The molecule has 0 heterocycles. The van der Waals surface area contributed by atoms with Crippen LogP contribution in [0.4, 0.5) is 4.39 Å². The molecule has 0 saturated carbocycles. The van der Waals surface area contributed by atoms with E-state index < -0.39 is 15.8 Å². The third-order valence-corrected chi connectivity index (χ3v) is 4.35. The Labute approximate surface area is 110 Å². The second-order valence-electron chi connectivity index (χ2n) is 4.96. The highest BCUT2D eigenvalue weighted by Crippen LogP contribution is 2.23. The van der Waals surface area contributed by atoms with Gasteiger partial charge >= 0.3 is 0 Å². The Morgan fingerprint density at radius 1 is 1.35 bits per heavy atom. The average molecular weight is 324 g/mol. The number of hydrogen-bond acceptors (Lipinski definition) is 2. The number of rotatable bonds is 3. The topological polar surface area (TPSA) is 46.2 Å². The van der Waals surface area contributed by atoms with Gasteiger partial charge in [-0.05, 0) is 39.5 Å². The largest absolute Gasteiger partial charge is 0.241 e. The van der Waals surface area contributed by atoms with E-state index >= 15 is 0 Å². The number of benzene rings is 1. The molecule has 0 saturated heterocycles. The summed E-state index contributed by atoms with van der Waals surface area (Å²) in [6.07, 6.45) is 0. The van der Waals surface area contributed by atoms with Crippen molar-refractivity contribution in [2.45, 2.75) is 25.7 Å². The minimum Gasteiger partial charge on any atom is -0.211 e. The van der Waals surface area contributed by atoms with Crippen molar-refractivity contribution in [1.29, 1.82) is 0 Å². The van der Waals surface area contributed by atoms with Crippen molar-refractivity contribution < 1.29 is 12.8 Å². The third kappa shape index (κ3) is 4.37. The molecule has 1 aromatic carbocycles. The van der Waals surface area contributed by atoms with Crippen molar-refractivity contribution in [3.8, 4) is 0 Å². The molecule has 0 fully saturated rings. The molecular formula is C11H15BrFNO2S. The first kappa shape index (κ1) is 14.6. The van der Waals surface area contributed by atoms with Crippen LogP contribution in [-0.4, -0.2) is 15.0 Å². The maximum absolute atomic E-state index is 12.9. The van der Waals surface area contributed by atoms with Gasteiger partial charge in [0.1, 0.15) is 5.82 Å². The van der Waals surface area contributed by atoms with Crippen LogP contribution in [0.5, 0.6) is 0 Å². The Kier molecular flexibility index (Phi) is 4.33. The molecule has 0 aliphatic carbocycles. The van der Waals surface area contributed by atoms with E-state index in [1.807, 2.05) is 20.8 Å². The van der Waals surface area contributed by atoms with Gasteiger partial charge in [0.2, 0.25) is 10.0 Å². The third-order valence-electron chi connectivity index (χ3n) is 1.98. The first-order chi connectivity index (χ1) is 7.62. The standard InChI is InChI=1S/C11H15BrFNO2S/c1-11(2,3)7-14-17(15,16)10-5-4-8(13)6-9(10)12/h4-6,14H,7H2,1-3H3. The molecule has 0 aromatic heterocycles. The maximum Gasteiger partial charge on any atom is 0.241 e. The molecule has 0 amide bonds. The summed E-state index contributed by atoms with van der Waals surface area (Å²) in [5.41, 5.74) is -0.153. The average Bonchev–Trinajstić information content (AvgIpc) is 2.13. The molecule has 0 unspecified atom stereocenters. The molecule has 0 bridgehead atoms. The zero-order chi connectivity index (χ0) is 13.3. The molecule has 1 aromatic rings. The van der Waals surface area contributed by atoms with Gasteiger partial charge in [0, 0.05) is 11.0 Å². The Balaban J connectivity index is 2.98. The summed E-state index contributed by atoms with van der Waals surface area (Å²) in [4.78, 5) is 0.0446. The molecule has 0 aliphatic rings. The van der Waals surface area contributed by atoms with E-state index in [9.17, 15) is 12.8 Å². The highest BCUT2D eigenvalue weighted by Gasteiger charge is 2.20. The van der Waals surface area contributed by atoms with Crippen LogP contribution >= 0.6 is 15.9 Å². The fourth-order valence-electron chi connectivity index (χ4n) is 1.08. The SMILES string of the molecule is CC(C)(C)CNS(=O)(=O)c1ccc(F)cc1Br. The van der Waals surface area contributed by atoms with Crippen molar-refractivity contribution in [3.05, 3.63) is 28.5 Å². The molecular weight excluding hydrogens is 309 g/mol. The first-order valence-electron chi connectivity index (χ1n) is 5.06. The van der Waals surface area contributed by atoms with Gasteiger partial charge in [-0.25, -0.2) is 17.5 Å². The van der Waals surface area contributed by atoms with Crippen molar-refractivity contribution in [1.82, 2.24) is 4.72 Å². The van der Waals surface area contributed by atoms with Crippen molar-refractivity contribution in [2.75, 3.05) is 6.54 Å². The molecule has 1 rings (SSSR count). The highest BCUT2D eigenvalue weighted by molar-refractivity contribution is 9.10. The lowest BCUT2D eigenvalue weighted by Gasteiger charge is -2.19. The molecule has 3 nitrogen and oxygen atoms in total. The number of nitrogens with one attached hydrogen (secondary N) is 1. The van der Waals surface area contributed by atoms with E-state index in [1.54, 1.807) is 0 Å². The Bertz CT molecular complexity index is 509. The van der Waals surface area contributed by atoms with Crippen LogP contribution in [0.1, 0.15) is 20.8 Å². The van der Waals surface area contributed by atoms with Crippen molar-refractivity contribution in [2.24, 2.45) is 5.41 Å². The van der Waals surface area contributed by atoms with Gasteiger partial charge in [-0.15, -0.1) is 0 Å². The second-order valence-corrected chi connectivity index (χ2v) is 7.55. The molecule has 1 N–H and O–H groups in total. The minimum absolute atomic E-state index is 0.0446. The van der Waals surface area contributed by atoms with Crippen LogP contribution in [0.2, 0.25) is 0 Å². The predicted molar refractivity (Wildman–Crippen MR) is 68.7 cm³/mol. The summed E-state index contributed by atoms with van der Waals surface area (Å²) >= 11 is 3.04. The van der Waals surface area contributed by atoms with E-state index in [2.05, 4.69) is 20.7 Å². The Morgan fingerprint density at radius 3 is 2.41 bits per heavy atom.